The number of aryl methyl sites for hydroxylation is 1. The van der Waals surface area contributed by atoms with Gasteiger partial charge in [0, 0.05) is 12.7 Å². The van der Waals surface area contributed by atoms with E-state index in [-0.39, 0.29) is 0 Å². The number of nitrogens with two attached hydrogens (primary N) is 1. The Kier molecular flexibility index (Phi) is 3.48. The van der Waals surface area contributed by atoms with Gasteiger partial charge in [-0.05, 0) is 19.1 Å². The molecule has 0 amide bonds. The third kappa shape index (κ3) is 2.77. The number of aromatic nitrogens is 2. The molecule has 0 aliphatic heterocycles. The smallest absolute Gasteiger partial charge is 0.138 e. The molecule has 0 aliphatic rings. The Labute approximate surface area is 98.1 Å². The van der Waals surface area contributed by atoms with Gasteiger partial charge >= 0.3 is 0 Å². The Morgan fingerprint density at radius 3 is 2.75 bits per heavy atom. The van der Waals surface area contributed by atoms with Crippen molar-refractivity contribution in [3.63, 3.8) is 0 Å². The van der Waals surface area contributed by atoms with Crippen LogP contribution in [-0.4, -0.2) is 9.97 Å². The summed E-state index contributed by atoms with van der Waals surface area (Å²) in [5, 5.41) is 1.05. The van der Waals surface area contributed by atoms with Crippen LogP contribution in [0.3, 0.4) is 0 Å². The third-order valence-corrected chi connectivity index (χ3v) is 2.94. The lowest BCUT2D eigenvalue weighted by molar-refractivity contribution is 0.308. The van der Waals surface area contributed by atoms with E-state index in [0.717, 1.165) is 21.3 Å². The molecule has 2 heterocycles. The summed E-state index contributed by atoms with van der Waals surface area (Å²) in [5.41, 5.74) is 6.32. The number of hydrogen-bond acceptors (Lipinski definition) is 5. The van der Waals surface area contributed by atoms with Gasteiger partial charge in [0.25, 0.3) is 0 Å². The number of nitrogens with zero attached hydrogens (tertiary/aromatic N) is 2. The molecule has 0 radical (unpaired) electrons. The SMILES string of the molecule is Cc1ncc(COc2ccc(CN)nc2)s1. The molecule has 84 valence electrons. The lowest BCUT2D eigenvalue weighted by atomic mass is 10.3. The van der Waals surface area contributed by atoms with Gasteiger partial charge in [-0.2, -0.15) is 0 Å². The fourth-order valence-corrected chi connectivity index (χ4v) is 1.95. The Balaban J connectivity index is 1.94. The van der Waals surface area contributed by atoms with Gasteiger partial charge in [-0.15, -0.1) is 11.3 Å². The van der Waals surface area contributed by atoms with Crippen LogP contribution in [0, 0.1) is 6.92 Å². The van der Waals surface area contributed by atoms with E-state index in [4.69, 9.17) is 10.5 Å². The van der Waals surface area contributed by atoms with Crippen molar-refractivity contribution in [2.24, 2.45) is 5.73 Å². The predicted molar refractivity (Wildman–Crippen MR) is 63.3 cm³/mol. The van der Waals surface area contributed by atoms with Gasteiger partial charge in [-0.1, -0.05) is 0 Å². The lowest BCUT2D eigenvalue weighted by Crippen LogP contribution is -1.99. The average molecular weight is 235 g/mol. The Morgan fingerprint density at radius 2 is 2.19 bits per heavy atom. The minimum atomic E-state index is 0.453. The molecule has 16 heavy (non-hydrogen) atoms. The second kappa shape index (κ2) is 5.05. The number of pyridine rings is 1. The maximum atomic E-state index is 5.57. The van der Waals surface area contributed by atoms with Gasteiger partial charge in [-0.3, -0.25) is 4.98 Å². The Bertz CT molecular complexity index is 453. The fourth-order valence-electron chi connectivity index (χ4n) is 1.24. The maximum Gasteiger partial charge on any atom is 0.138 e. The Hall–Kier alpha value is -1.46. The summed E-state index contributed by atoms with van der Waals surface area (Å²) in [4.78, 5) is 9.43. The number of ether oxygens (including phenoxy) is 1. The van der Waals surface area contributed by atoms with Crippen molar-refractivity contribution < 1.29 is 4.74 Å². The molecule has 0 bridgehead atoms. The van der Waals surface area contributed by atoms with Crippen LogP contribution in [0.25, 0.3) is 0 Å². The largest absolute Gasteiger partial charge is 0.486 e. The summed E-state index contributed by atoms with van der Waals surface area (Å²) in [5.74, 6) is 0.753. The van der Waals surface area contributed by atoms with Crippen molar-refractivity contribution >= 4 is 11.3 Å². The zero-order valence-electron chi connectivity index (χ0n) is 9.01. The van der Waals surface area contributed by atoms with Crippen molar-refractivity contribution in [1.29, 1.82) is 0 Å². The molecule has 0 saturated carbocycles. The summed E-state index contributed by atoms with van der Waals surface area (Å²) in [6.45, 7) is 2.97. The summed E-state index contributed by atoms with van der Waals surface area (Å²) >= 11 is 1.64. The number of hydrogen-bond donors (Lipinski definition) is 1. The van der Waals surface area contributed by atoms with Gasteiger partial charge in [0.05, 0.1) is 21.8 Å². The summed E-state index contributed by atoms with van der Waals surface area (Å²) in [6.07, 6.45) is 3.53. The number of thiazole rings is 1. The summed E-state index contributed by atoms with van der Waals surface area (Å²) in [7, 11) is 0. The van der Waals surface area contributed by atoms with Gasteiger partial charge in [0.1, 0.15) is 12.4 Å². The summed E-state index contributed by atoms with van der Waals surface area (Å²) in [6, 6.07) is 3.75. The molecule has 2 rings (SSSR count). The van der Waals surface area contributed by atoms with E-state index in [9.17, 15) is 0 Å². The molecule has 2 N–H and O–H groups in total. The van der Waals surface area contributed by atoms with Crippen LogP contribution in [0.15, 0.2) is 24.5 Å². The van der Waals surface area contributed by atoms with E-state index in [2.05, 4.69) is 9.97 Å². The first-order chi connectivity index (χ1) is 7.78. The molecule has 0 aromatic carbocycles. The van der Waals surface area contributed by atoms with Crippen molar-refractivity contribution in [1.82, 2.24) is 9.97 Å². The molecule has 0 atom stereocenters. The van der Waals surface area contributed by atoms with Crippen molar-refractivity contribution in [2.75, 3.05) is 0 Å². The predicted octanol–water partition coefficient (Wildman–Crippen LogP) is 1.88. The van der Waals surface area contributed by atoms with Crippen molar-refractivity contribution in [3.05, 3.63) is 40.1 Å². The van der Waals surface area contributed by atoms with Crippen LogP contribution < -0.4 is 10.5 Å². The van der Waals surface area contributed by atoms with Crippen LogP contribution in [0.1, 0.15) is 15.6 Å². The average Bonchev–Trinajstić information content (AvgIpc) is 2.73. The standard InChI is InChI=1S/C11H13N3OS/c1-8-13-6-11(16-8)7-15-10-3-2-9(4-12)14-5-10/h2-3,5-6H,4,7,12H2,1H3. The van der Waals surface area contributed by atoms with Crippen molar-refractivity contribution in [2.45, 2.75) is 20.1 Å². The molecular formula is C11H13N3OS. The highest BCUT2D eigenvalue weighted by Crippen LogP contribution is 2.15. The minimum absolute atomic E-state index is 0.453. The van der Waals surface area contributed by atoms with Crippen LogP contribution in [0.2, 0.25) is 0 Å². The van der Waals surface area contributed by atoms with Gasteiger partial charge in [0.15, 0.2) is 0 Å². The fraction of sp³-hybridized carbons (Fsp3) is 0.273. The molecule has 4 nitrogen and oxygen atoms in total. The van der Waals surface area contributed by atoms with E-state index in [0.29, 0.717) is 13.2 Å². The summed E-state index contributed by atoms with van der Waals surface area (Å²) < 4.78 is 5.57. The van der Waals surface area contributed by atoms with Gasteiger partial charge in [-0.25, -0.2) is 4.98 Å². The molecule has 0 saturated heterocycles. The quantitative estimate of drug-likeness (QED) is 0.879. The molecule has 0 fully saturated rings. The van der Waals surface area contributed by atoms with Gasteiger partial charge in [0.2, 0.25) is 0 Å². The highest BCUT2D eigenvalue weighted by Gasteiger charge is 2.00. The van der Waals surface area contributed by atoms with E-state index < -0.39 is 0 Å². The highest BCUT2D eigenvalue weighted by molar-refractivity contribution is 7.11. The zero-order chi connectivity index (χ0) is 11.4. The van der Waals surface area contributed by atoms with E-state index >= 15 is 0 Å². The maximum absolute atomic E-state index is 5.57. The van der Waals surface area contributed by atoms with Crippen LogP contribution in [0.4, 0.5) is 0 Å². The monoisotopic (exact) mass is 235 g/mol. The second-order valence-electron chi connectivity index (χ2n) is 3.32. The molecule has 0 aliphatic carbocycles. The molecule has 2 aromatic heterocycles. The Morgan fingerprint density at radius 1 is 1.31 bits per heavy atom. The lowest BCUT2D eigenvalue weighted by Gasteiger charge is -2.04. The minimum Gasteiger partial charge on any atom is -0.486 e. The topological polar surface area (TPSA) is 61.0 Å². The molecule has 2 aromatic rings. The molecular weight excluding hydrogens is 222 g/mol. The van der Waals surface area contributed by atoms with Crippen LogP contribution in [-0.2, 0) is 13.2 Å². The highest BCUT2D eigenvalue weighted by atomic mass is 32.1. The molecule has 0 unspecified atom stereocenters. The molecule has 0 spiro atoms. The molecule has 5 heteroatoms. The zero-order valence-corrected chi connectivity index (χ0v) is 9.83. The first-order valence-corrected chi connectivity index (χ1v) is 5.78. The van der Waals surface area contributed by atoms with E-state index in [1.165, 1.54) is 0 Å². The second-order valence-corrected chi connectivity index (χ2v) is 4.64. The number of rotatable bonds is 4. The normalized spacial score (nSPS) is 10.4. The van der Waals surface area contributed by atoms with E-state index in [1.54, 1.807) is 17.5 Å². The van der Waals surface area contributed by atoms with Crippen LogP contribution in [0.5, 0.6) is 5.75 Å². The van der Waals surface area contributed by atoms with Gasteiger partial charge < -0.3 is 10.5 Å². The first-order valence-electron chi connectivity index (χ1n) is 4.97. The van der Waals surface area contributed by atoms with Crippen LogP contribution >= 0.6 is 11.3 Å². The van der Waals surface area contributed by atoms with Crippen molar-refractivity contribution in [3.8, 4) is 5.75 Å². The van der Waals surface area contributed by atoms with E-state index in [1.807, 2.05) is 25.3 Å². The first kappa shape index (κ1) is 11.0. The third-order valence-electron chi connectivity index (χ3n) is 2.06.